The van der Waals surface area contributed by atoms with Crippen molar-refractivity contribution in [3.63, 3.8) is 0 Å². The maximum Gasteiger partial charge on any atom is 0.102 e. The molecule has 3 heteroatoms. The van der Waals surface area contributed by atoms with Gasteiger partial charge in [-0.25, -0.2) is 0 Å². The summed E-state index contributed by atoms with van der Waals surface area (Å²) in [6.45, 7) is 9.27. The molecule has 0 saturated carbocycles. The molecule has 1 atom stereocenters. The van der Waals surface area contributed by atoms with Crippen molar-refractivity contribution >= 4 is 0 Å². The molecule has 1 unspecified atom stereocenters. The molecule has 0 aliphatic rings. The molecule has 1 N–H and O–H groups in total. The van der Waals surface area contributed by atoms with Crippen LogP contribution < -0.4 is 0 Å². The van der Waals surface area contributed by atoms with Gasteiger partial charge in [-0.05, 0) is 37.3 Å². The van der Waals surface area contributed by atoms with Crippen molar-refractivity contribution in [1.29, 1.82) is 0 Å². The summed E-state index contributed by atoms with van der Waals surface area (Å²) in [7, 11) is 1.70. The van der Waals surface area contributed by atoms with Crippen LogP contribution in [0, 0.1) is 0 Å². The van der Waals surface area contributed by atoms with Crippen molar-refractivity contribution in [3.8, 4) is 0 Å². The molecular formula is C17H28O3. The molecule has 0 aliphatic carbocycles. The zero-order chi connectivity index (χ0) is 15.2. The van der Waals surface area contributed by atoms with E-state index in [0.29, 0.717) is 19.1 Å². The molecule has 0 heterocycles. The predicted octanol–water partition coefficient (Wildman–Crippen LogP) is 3.68. The van der Waals surface area contributed by atoms with Gasteiger partial charge >= 0.3 is 0 Å². The Hall–Kier alpha value is -0.900. The second-order valence-corrected chi connectivity index (χ2v) is 6.13. The van der Waals surface area contributed by atoms with Crippen LogP contribution >= 0.6 is 0 Å². The largest absolute Gasteiger partial charge is 0.386 e. The van der Waals surface area contributed by atoms with Crippen LogP contribution in [0.3, 0.4) is 0 Å². The van der Waals surface area contributed by atoms with Gasteiger partial charge in [-0.3, -0.25) is 0 Å². The van der Waals surface area contributed by atoms with E-state index in [1.54, 1.807) is 7.11 Å². The third-order valence-corrected chi connectivity index (χ3v) is 3.66. The van der Waals surface area contributed by atoms with Gasteiger partial charge in [-0.1, -0.05) is 38.1 Å². The van der Waals surface area contributed by atoms with Crippen LogP contribution in [-0.4, -0.2) is 31.0 Å². The average Bonchev–Trinajstić information content (AvgIpc) is 2.43. The lowest BCUT2D eigenvalue weighted by Gasteiger charge is -2.23. The van der Waals surface area contributed by atoms with E-state index in [4.69, 9.17) is 9.47 Å². The molecule has 1 aromatic carbocycles. The Morgan fingerprint density at radius 2 is 1.65 bits per heavy atom. The van der Waals surface area contributed by atoms with Crippen LogP contribution in [0.15, 0.2) is 24.3 Å². The highest BCUT2D eigenvalue weighted by atomic mass is 16.5. The van der Waals surface area contributed by atoms with E-state index in [1.807, 2.05) is 26.0 Å². The van der Waals surface area contributed by atoms with E-state index in [2.05, 4.69) is 26.0 Å². The predicted molar refractivity (Wildman–Crippen MR) is 82.0 cm³/mol. The fourth-order valence-electron chi connectivity index (χ4n) is 1.81. The Balaban J connectivity index is 2.37. The molecule has 0 radical (unpaired) electrons. The van der Waals surface area contributed by atoms with Gasteiger partial charge in [0.05, 0.1) is 12.2 Å². The minimum absolute atomic E-state index is 0.177. The Morgan fingerprint density at radius 1 is 1.10 bits per heavy atom. The van der Waals surface area contributed by atoms with Crippen LogP contribution in [0.2, 0.25) is 0 Å². The van der Waals surface area contributed by atoms with Gasteiger partial charge in [0.2, 0.25) is 0 Å². The maximum absolute atomic E-state index is 10.1. The van der Waals surface area contributed by atoms with E-state index < -0.39 is 6.10 Å². The standard InChI is InChI=1S/C17H28O3/c1-13(2)14-6-8-15(9-7-14)16(18)12-20-11-10-17(3,4)19-5/h6-9,13,16,18H,10-12H2,1-5H3. The van der Waals surface area contributed by atoms with Crippen molar-refractivity contribution in [1.82, 2.24) is 0 Å². The van der Waals surface area contributed by atoms with E-state index in [1.165, 1.54) is 5.56 Å². The van der Waals surface area contributed by atoms with Gasteiger partial charge in [-0.2, -0.15) is 0 Å². The van der Waals surface area contributed by atoms with Gasteiger partial charge in [0.1, 0.15) is 6.10 Å². The summed E-state index contributed by atoms with van der Waals surface area (Å²) in [4.78, 5) is 0. The van der Waals surface area contributed by atoms with E-state index in [0.717, 1.165) is 12.0 Å². The number of hydrogen-bond donors (Lipinski definition) is 1. The zero-order valence-corrected chi connectivity index (χ0v) is 13.3. The molecular weight excluding hydrogens is 252 g/mol. The average molecular weight is 280 g/mol. The molecule has 1 rings (SSSR count). The highest BCUT2D eigenvalue weighted by Gasteiger charge is 2.16. The summed E-state index contributed by atoms with van der Waals surface area (Å²) in [5.74, 6) is 0.508. The molecule has 0 amide bonds. The number of ether oxygens (including phenoxy) is 2. The van der Waals surface area contributed by atoms with Gasteiger partial charge in [0.15, 0.2) is 0 Å². The third kappa shape index (κ3) is 5.61. The normalized spacial score (nSPS) is 13.8. The summed E-state index contributed by atoms with van der Waals surface area (Å²) in [6.07, 6.45) is 0.240. The van der Waals surface area contributed by atoms with Gasteiger partial charge in [0.25, 0.3) is 0 Å². The SMILES string of the molecule is COC(C)(C)CCOCC(O)c1ccc(C(C)C)cc1. The molecule has 0 saturated heterocycles. The van der Waals surface area contributed by atoms with Crippen LogP contribution in [0.5, 0.6) is 0 Å². The molecule has 114 valence electrons. The summed E-state index contributed by atoms with van der Waals surface area (Å²) in [5.41, 5.74) is 2.01. The Morgan fingerprint density at radius 3 is 2.15 bits per heavy atom. The van der Waals surface area contributed by atoms with Crippen molar-refractivity contribution in [2.24, 2.45) is 0 Å². The number of hydrogen-bond acceptors (Lipinski definition) is 3. The fraction of sp³-hybridized carbons (Fsp3) is 0.647. The van der Waals surface area contributed by atoms with Crippen LogP contribution in [0.4, 0.5) is 0 Å². The van der Waals surface area contributed by atoms with Crippen LogP contribution in [0.1, 0.15) is 57.3 Å². The summed E-state index contributed by atoms with van der Waals surface area (Å²) in [5, 5.41) is 10.1. The lowest BCUT2D eigenvalue weighted by molar-refractivity contribution is -0.0249. The Bertz CT molecular complexity index is 382. The van der Waals surface area contributed by atoms with E-state index >= 15 is 0 Å². The lowest BCUT2D eigenvalue weighted by Crippen LogP contribution is -2.25. The fourth-order valence-corrected chi connectivity index (χ4v) is 1.81. The van der Waals surface area contributed by atoms with E-state index in [9.17, 15) is 5.11 Å². The van der Waals surface area contributed by atoms with Crippen molar-refractivity contribution in [2.45, 2.75) is 51.7 Å². The minimum atomic E-state index is -0.568. The molecule has 0 bridgehead atoms. The topological polar surface area (TPSA) is 38.7 Å². The van der Waals surface area contributed by atoms with Gasteiger partial charge in [0, 0.05) is 13.7 Å². The molecule has 0 fully saturated rings. The zero-order valence-electron chi connectivity index (χ0n) is 13.3. The second-order valence-electron chi connectivity index (χ2n) is 6.13. The first-order valence-electron chi connectivity index (χ1n) is 7.26. The quantitative estimate of drug-likeness (QED) is 0.738. The molecule has 1 aromatic rings. The minimum Gasteiger partial charge on any atom is -0.386 e. The van der Waals surface area contributed by atoms with Crippen molar-refractivity contribution in [3.05, 3.63) is 35.4 Å². The first-order valence-corrected chi connectivity index (χ1v) is 7.26. The summed E-state index contributed by atoms with van der Waals surface area (Å²) >= 11 is 0. The summed E-state index contributed by atoms with van der Waals surface area (Å²) in [6, 6.07) is 8.08. The monoisotopic (exact) mass is 280 g/mol. The molecule has 0 spiro atoms. The van der Waals surface area contributed by atoms with Crippen LogP contribution in [-0.2, 0) is 9.47 Å². The molecule has 0 aromatic heterocycles. The number of rotatable bonds is 8. The maximum atomic E-state index is 10.1. The number of aliphatic hydroxyl groups excluding tert-OH is 1. The summed E-state index contributed by atoms with van der Waals surface area (Å²) < 4.78 is 10.9. The first-order chi connectivity index (χ1) is 9.35. The third-order valence-electron chi connectivity index (χ3n) is 3.66. The molecule has 0 aliphatic heterocycles. The van der Waals surface area contributed by atoms with Crippen molar-refractivity contribution < 1.29 is 14.6 Å². The number of methoxy groups -OCH3 is 1. The highest BCUT2D eigenvalue weighted by molar-refractivity contribution is 5.26. The highest BCUT2D eigenvalue weighted by Crippen LogP contribution is 2.19. The van der Waals surface area contributed by atoms with Crippen LogP contribution in [0.25, 0.3) is 0 Å². The second kappa shape index (κ2) is 7.77. The Kier molecular flexibility index (Phi) is 6.66. The van der Waals surface area contributed by atoms with Gasteiger partial charge in [-0.15, -0.1) is 0 Å². The lowest BCUT2D eigenvalue weighted by atomic mass is 10.0. The van der Waals surface area contributed by atoms with Gasteiger partial charge < -0.3 is 14.6 Å². The number of aliphatic hydroxyl groups is 1. The van der Waals surface area contributed by atoms with Crippen molar-refractivity contribution in [2.75, 3.05) is 20.3 Å². The smallest absolute Gasteiger partial charge is 0.102 e. The first kappa shape index (κ1) is 17.2. The molecule has 3 nitrogen and oxygen atoms in total. The van der Waals surface area contributed by atoms with E-state index in [-0.39, 0.29) is 5.60 Å². The molecule has 20 heavy (non-hydrogen) atoms. The Labute approximate surface area is 122 Å². The number of benzene rings is 1.